The van der Waals surface area contributed by atoms with Crippen LogP contribution in [-0.4, -0.2) is 24.0 Å². The van der Waals surface area contributed by atoms with Crippen LogP contribution in [0.1, 0.15) is 15.9 Å². The van der Waals surface area contributed by atoms with E-state index in [0.29, 0.717) is 24.2 Å². The van der Waals surface area contributed by atoms with Crippen LogP contribution in [0.3, 0.4) is 0 Å². The van der Waals surface area contributed by atoms with Gasteiger partial charge in [-0.25, -0.2) is 4.98 Å². The second kappa shape index (κ2) is 7.25. The zero-order chi connectivity index (χ0) is 16.8. The average Bonchev–Trinajstić information content (AvgIpc) is 2.65. The molecule has 1 amide bonds. The Hall–Kier alpha value is -3.39. The number of hydrogen-bond donors (Lipinski definition) is 2. The minimum absolute atomic E-state index is 0.159. The van der Waals surface area contributed by atoms with Gasteiger partial charge in [-0.3, -0.25) is 4.79 Å². The molecule has 0 aliphatic rings. The predicted octanol–water partition coefficient (Wildman–Crippen LogP) is 2.95. The molecular formula is C19H16N4O. The first kappa shape index (κ1) is 15.5. The average molecular weight is 316 g/mol. The first-order chi connectivity index (χ1) is 11.8. The Kier molecular flexibility index (Phi) is 4.68. The van der Waals surface area contributed by atoms with Gasteiger partial charge < -0.3 is 10.6 Å². The number of amides is 1. The van der Waals surface area contributed by atoms with Crippen LogP contribution in [0, 0.1) is 11.3 Å². The quantitative estimate of drug-likeness (QED) is 0.709. The summed E-state index contributed by atoms with van der Waals surface area (Å²) in [5.74, 6) is 0.620. The first-order valence-electron chi connectivity index (χ1n) is 7.64. The van der Waals surface area contributed by atoms with Gasteiger partial charge in [-0.1, -0.05) is 18.2 Å². The highest BCUT2D eigenvalue weighted by molar-refractivity contribution is 5.94. The van der Waals surface area contributed by atoms with Crippen molar-refractivity contribution in [3.63, 3.8) is 0 Å². The number of para-hydroxylation sites is 1. The summed E-state index contributed by atoms with van der Waals surface area (Å²) in [7, 11) is 0. The molecule has 0 spiro atoms. The Bertz CT molecular complexity index is 897. The molecular weight excluding hydrogens is 300 g/mol. The Morgan fingerprint density at radius 2 is 1.79 bits per heavy atom. The van der Waals surface area contributed by atoms with E-state index >= 15 is 0 Å². The molecule has 0 aliphatic heterocycles. The molecule has 0 saturated carbocycles. The molecule has 0 unspecified atom stereocenters. The summed E-state index contributed by atoms with van der Waals surface area (Å²) in [5, 5.41) is 15.9. The number of anilines is 1. The number of hydrogen-bond acceptors (Lipinski definition) is 4. The molecule has 0 fully saturated rings. The summed E-state index contributed by atoms with van der Waals surface area (Å²) < 4.78 is 0. The number of pyridine rings is 1. The lowest BCUT2D eigenvalue weighted by molar-refractivity contribution is 0.0955. The number of carbonyl (C=O) groups excluding carboxylic acids is 1. The number of nitrogens with zero attached hydrogens (tertiary/aromatic N) is 2. The third kappa shape index (κ3) is 3.68. The topological polar surface area (TPSA) is 77.8 Å². The number of nitriles is 1. The maximum absolute atomic E-state index is 12.0. The van der Waals surface area contributed by atoms with Crippen molar-refractivity contribution in [1.29, 1.82) is 5.26 Å². The molecule has 3 rings (SSSR count). The van der Waals surface area contributed by atoms with Crippen molar-refractivity contribution < 1.29 is 4.79 Å². The summed E-state index contributed by atoms with van der Waals surface area (Å²) in [4.78, 5) is 16.5. The normalized spacial score (nSPS) is 10.1. The lowest BCUT2D eigenvalue weighted by Crippen LogP contribution is -2.28. The Morgan fingerprint density at radius 3 is 2.58 bits per heavy atom. The highest BCUT2D eigenvalue weighted by Gasteiger charge is 2.04. The van der Waals surface area contributed by atoms with Crippen LogP contribution in [0.25, 0.3) is 10.9 Å². The van der Waals surface area contributed by atoms with Crippen LogP contribution < -0.4 is 10.6 Å². The van der Waals surface area contributed by atoms with Gasteiger partial charge in [0, 0.05) is 24.0 Å². The van der Waals surface area contributed by atoms with E-state index in [2.05, 4.69) is 15.6 Å². The van der Waals surface area contributed by atoms with Gasteiger partial charge >= 0.3 is 0 Å². The van der Waals surface area contributed by atoms with E-state index in [1.54, 1.807) is 24.3 Å². The maximum atomic E-state index is 12.0. The van der Waals surface area contributed by atoms with Crippen molar-refractivity contribution in [1.82, 2.24) is 10.3 Å². The summed E-state index contributed by atoms with van der Waals surface area (Å²) in [6.07, 6.45) is 0. The lowest BCUT2D eigenvalue weighted by Gasteiger charge is -2.08. The van der Waals surface area contributed by atoms with Crippen molar-refractivity contribution in [2.75, 3.05) is 18.4 Å². The monoisotopic (exact) mass is 316 g/mol. The zero-order valence-corrected chi connectivity index (χ0v) is 13.0. The van der Waals surface area contributed by atoms with E-state index in [1.165, 1.54) is 0 Å². The molecule has 3 aromatic rings. The third-order valence-corrected chi connectivity index (χ3v) is 3.59. The molecule has 5 heteroatoms. The van der Waals surface area contributed by atoms with E-state index in [-0.39, 0.29) is 5.91 Å². The van der Waals surface area contributed by atoms with E-state index in [1.807, 2.05) is 42.5 Å². The Morgan fingerprint density at radius 1 is 1.00 bits per heavy atom. The molecule has 1 aromatic heterocycles. The second-order valence-corrected chi connectivity index (χ2v) is 5.26. The van der Waals surface area contributed by atoms with Gasteiger partial charge in [-0.05, 0) is 42.5 Å². The number of benzene rings is 2. The fraction of sp³-hybridized carbons (Fsp3) is 0.105. The molecule has 0 aliphatic carbocycles. The highest BCUT2D eigenvalue weighted by atomic mass is 16.1. The minimum Gasteiger partial charge on any atom is -0.368 e. The van der Waals surface area contributed by atoms with Crippen LogP contribution in [-0.2, 0) is 0 Å². The molecule has 118 valence electrons. The van der Waals surface area contributed by atoms with Crippen molar-refractivity contribution in [2.45, 2.75) is 0 Å². The van der Waals surface area contributed by atoms with Crippen LogP contribution in [0.4, 0.5) is 5.82 Å². The van der Waals surface area contributed by atoms with Gasteiger partial charge in [0.1, 0.15) is 5.82 Å². The Labute approximate surface area is 140 Å². The van der Waals surface area contributed by atoms with Crippen LogP contribution in [0.15, 0.2) is 60.7 Å². The first-order valence-corrected chi connectivity index (χ1v) is 7.64. The Balaban J connectivity index is 1.50. The zero-order valence-electron chi connectivity index (χ0n) is 13.0. The standard InChI is InChI=1S/C19H16N4O/c20-13-14-5-7-16(8-6-14)19(24)22-12-11-21-18-10-9-15-3-1-2-4-17(15)23-18/h1-10H,11-12H2,(H,21,23)(H,22,24). The van der Waals surface area contributed by atoms with Gasteiger partial charge in [0.2, 0.25) is 0 Å². The van der Waals surface area contributed by atoms with Crippen molar-refractivity contribution in [3.8, 4) is 6.07 Å². The minimum atomic E-state index is -0.159. The maximum Gasteiger partial charge on any atom is 0.251 e. The largest absolute Gasteiger partial charge is 0.368 e. The SMILES string of the molecule is N#Cc1ccc(C(=O)NCCNc2ccc3ccccc3n2)cc1. The third-order valence-electron chi connectivity index (χ3n) is 3.59. The molecule has 0 bridgehead atoms. The number of fused-ring (bicyclic) bond motifs is 1. The smallest absolute Gasteiger partial charge is 0.251 e. The summed E-state index contributed by atoms with van der Waals surface area (Å²) in [5.41, 5.74) is 2.01. The second-order valence-electron chi connectivity index (χ2n) is 5.26. The van der Waals surface area contributed by atoms with E-state index in [4.69, 9.17) is 5.26 Å². The van der Waals surface area contributed by atoms with Gasteiger partial charge in [0.15, 0.2) is 0 Å². The number of carbonyl (C=O) groups is 1. The number of aromatic nitrogens is 1. The van der Waals surface area contributed by atoms with E-state index in [0.717, 1.165) is 16.7 Å². The van der Waals surface area contributed by atoms with E-state index < -0.39 is 0 Å². The molecule has 0 saturated heterocycles. The molecule has 2 aromatic carbocycles. The molecule has 24 heavy (non-hydrogen) atoms. The fourth-order valence-electron chi connectivity index (χ4n) is 2.33. The fourth-order valence-corrected chi connectivity index (χ4v) is 2.33. The van der Waals surface area contributed by atoms with Crippen LogP contribution in [0.2, 0.25) is 0 Å². The highest BCUT2D eigenvalue weighted by Crippen LogP contribution is 2.14. The summed E-state index contributed by atoms with van der Waals surface area (Å²) in [6.45, 7) is 1.06. The predicted molar refractivity (Wildman–Crippen MR) is 93.7 cm³/mol. The van der Waals surface area contributed by atoms with Crippen LogP contribution >= 0.6 is 0 Å². The van der Waals surface area contributed by atoms with Gasteiger partial charge in [0.25, 0.3) is 5.91 Å². The number of nitrogens with one attached hydrogen (secondary N) is 2. The van der Waals surface area contributed by atoms with Crippen molar-refractivity contribution in [3.05, 3.63) is 71.8 Å². The molecule has 2 N–H and O–H groups in total. The van der Waals surface area contributed by atoms with Gasteiger partial charge in [-0.15, -0.1) is 0 Å². The summed E-state index contributed by atoms with van der Waals surface area (Å²) >= 11 is 0. The summed E-state index contributed by atoms with van der Waals surface area (Å²) in [6, 6.07) is 20.4. The van der Waals surface area contributed by atoms with Crippen molar-refractivity contribution >= 4 is 22.6 Å². The number of rotatable bonds is 5. The molecule has 0 radical (unpaired) electrons. The molecule has 5 nitrogen and oxygen atoms in total. The van der Waals surface area contributed by atoms with Crippen molar-refractivity contribution in [2.24, 2.45) is 0 Å². The van der Waals surface area contributed by atoms with Gasteiger partial charge in [-0.2, -0.15) is 5.26 Å². The van der Waals surface area contributed by atoms with Crippen LogP contribution in [0.5, 0.6) is 0 Å². The molecule has 0 atom stereocenters. The molecule has 1 heterocycles. The van der Waals surface area contributed by atoms with Gasteiger partial charge in [0.05, 0.1) is 17.1 Å². The lowest BCUT2D eigenvalue weighted by atomic mass is 10.1. The van der Waals surface area contributed by atoms with E-state index in [9.17, 15) is 4.79 Å².